The van der Waals surface area contributed by atoms with Crippen LogP contribution >= 0.6 is 0 Å². The van der Waals surface area contributed by atoms with Crippen LogP contribution in [0.1, 0.15) is 31.8 Å². The number of carbonyl (C=O) groups excluding carboxylic acids is 2. The largest absolute Gasteiger partial charge is 0.506 e. The molecule has 2 amide bonds. The van der Waals surface area contributed by atoms with Crippen LogP contribution in [0.15, 0.2) is 36.5 Å². The van der Waals surface area contributed by atoms with E-state index in [1.54, 1.807) is 13.0 Å². The highest BCUT2D eigenvalue weighted by Crippen LogP contribution is 2.44. The number of imide groups is 1. The van der Waals surface area contributed by atoms with Crippen molar-refractivity contribution in [1.82, 2.24) is 9.88 Å². The van der Waals surface area contributed by atoms with E-state index >= 15 is 0 Å². The molecular formula is C19H13FN2O4. The molecule has 2 N–H and O–H groups in total. The second kappa shape index (κ2) is 5.52. The molecule has 1 aliphatic heterocycles. The first kappa shape index (κ1) is 16.0. The topological polar surface area (TPSA) is 90.7 Å². The van der Waals surface area contributed by atoms with Crippen LogP contribution in [0, 0.1) is 12.7 Å². The van der Waals surface area contributed by atoms with Crippen LogP contribution in [-0.2, 0) is 6.54 Å². The van der Waals surface area contributed by atoms with Crippen LogP contribution in [0.4, 0.5) is 4.39 Å². The average Bonchev–Trinajstić information content (AvgIpc) is 2.86. The lowest BCUT2D eigenvalue weighted by Crippen LogP contribution is -2.29. The van der Waals surface area contributed by atoms with E-state index in [0.29, 0.717) is 11.1 Å². The first-order valence-electron chi connectivity index (χ1n) is 7.84. The summed E-state index contributed by atoms with van der Waals surface area (Å²) in [7, 11) is 0. The lowest BCUT2D eigenvalue weighted by Gasteiger charge is -2.13. The molecule has 0 spiro atoms. The predicted octanol–water partition coefficient (Wildman–Crippen LogP) is 2.89. The van der Waals surface area contributed by atoms with Gasteiger partial charge in [0.1, 0.15) is 22.6 Å². The number of carbonyl (C=O) groups is 2. The molecule has 0 saturated carbocycles. The van der Waals surface area contributed by atoms with Gasteiger partial charge in [-0.1, -0.05) is 12.1 Å². The lowest BCUT2D eigenvalue weighted by atomic mass is 10.00. The summed E-state index contributed by atoms with van der Waals surface area (Å²) in [6.45, 7) is 1.60. The number of phenolic OH excluding ortho intramolecular Hbond substituents is 2. The zero-order chi connectivity index (χ0) is 18.6. The molecule has 26 heavy (non-hydrogen) atoms. The average molecular weight is 352 g/mol. The van der Waals surface area contributed by atoms with E-state index in [9.17, 15) is 24.2 Å². The Morgan fingerprint density at radius 3 is 2.27 bits per heavy atom. The number of aryl methyl sites for hydroxylation is 1. The Hall–Kier alpha value is -3.48. The molecule has 0 saturated heterocycles. The van der Waals surface area contributed by atoms with Gasteiger partial charge in [0.25, 0.3) is 11.8 Å². The summed E-state index contributed by atoms with van der Waals surface area (Å²) in [6, 6.07) is 7.00. The second-order valence-corrected chi connectivity index (χ2v) is 6.12. The Morgan fingerprint density at radius 1 is 1.00 bits per heavy atom. The predicted molar refractivity (Wildman–Crippen MR) is 90.4 cm³/mol. The molecule has 2 aromatic carbocycles. The Bertz CT molecular complexity index is 1090. The molecule has 1 aromatic heterocycles. The van der Waals surface area contributed by atoms with E-state index in [2.05, 4.69) is 4.98 Å². The van der Waals surface area contributed by atoms with Crippen LogP contribution in [0.5, 0.6) is 11.5 Å². The maximum absolute atomic E-state index is 13.1. The van der Waals surface area contributed by atoms with Crippen molar-refractivity contribution in [3.63, 3.8) is 0 Å². The summed E-state index contributed by atoms with van der Waals surface area (Å²) in [5.74, 6) is -2.69. The van der Waals surface area contributed by atoms with Crippen molar-refractivity contribution in [3.05, 3.63) is 64.6 Å². The maximum Gasteiger partial charge on any atom is 0.265 e. The van der Waals surface area contributed by atoms with Crippen molar-refractivity contribution >= 4 is 22.7 Å². The zero-order valence-corrected chi connectivity index (χ0v) is 13.7. The SMILES string of the molecule is Cc1ccnc2c(O)c3c(c(O)c12)C(=O)N(Cc1ccc(F)cc1)C3=O. The molecule has 0 fully saturated rings. The van der Waals surface area contributed by atoms with E-state index in [0.717, 1.165) is 4.90 Å². The molecule has 0 aliphatic carbocycles. The summed E-state index contributed by atoms with van der Waals surface area (Å²) in [6.07, 6.45) is 1.45. The lowest BCUT2D eigenvalue weighted by molar-refractivity contribution is 0.0641. The fourth-order valence-corrected chi connectivity index (χ4v) is 3.21. The van der Waals surface area contributed by atoms with Crippen LogP contribution < -0.4 is 0 Å². The summed E-state index contributed by atoms with van der Waals surface area (Å²) >= 11 is 0. The molecule has 7 heteroatoms. The molecule has 0 radical (unpaired) electrons. The van der Waals surface area contributed by atoms with E-state index in [1.807, 2.05) is 0 Å². The van der Waals surface area contributed by atoms with Crippen molar-refractivity contribution < 1.29 is 24.2 Å². The number of rotatable bonds is 2. The first-order valence-corrected chi connectivity index (χ1v) is 7.84. The minimum absolute atomic E-state index is 0.0611. The van der Waals surface area contributed by atoms with E-state index < -0.39 is 23.4 Å². The van der Waals surface area contributed by atoms with Crippen LogP contribution in [0.25, 0.3) is 10.9 Å². The van der Waals surface area contributed by atoms with Gasteiger partial charge in [-0.05, 0) is 36.2 Å². The number of phenols is 2. The highest BCUT2D eigenvalue weighted by molar-refractivity contribution is 6.26. The van der Waals surface area contributed by atoms with Crippen molar-refractivity contribution in [1.29, 1.82) is 0 Å². The Balaban J connectivity index is 1.87. The molecule has 2 heterocycles. The molecule has 1 aliphatic rings. The summed E-state index contributed by atoms with van der Waals surface area (Å²) in [4.78, 5) is 30.4. The fourth-order valence-electron chi connectivity index (χ4n) is 3.21. The minimum Gasteiger partial charge on any atom is -0.506 e. The molecule has 0 unspecified atom stereocenters. The third-order valence-corrected chi connectivity index (χ3v) is 4.52. The molecule has 4 rings (SSSR count). The van der Waals surface area contributed by atoms with Gasteiger partial charge in [0.05, 0.1) is 12.1 Å². The number of aromatic hydroxyl groups is 2. The van der Waals surface area contributed by atoms with Gasteiger partial charge in [-0.3, -0.25) is 19.5 Å². The maximum atomic E-state index is 13.1. The number of aromatic nitrogens is 1. The van der Waals surface area contributed by atoms with Gasteiger partial charge in [0, 0.05) is 11.6 Å². The quantitative estimate of drug-likeness (QED) is 0.547. The zero-order valence-electron chi connectivity index (χ0n) is 13.7. The third-order valence-electron chi connectivity index (χ3n) is 4.52. The van der Waals surface area contributed by atoms with Gasteiger partial charge < -0.3 is 10.2 Å². The molecule has 3 aromatic rings. The van der Waals surface area contributed by atoms with Crippen LogP contribution in [-0.4, -0.2) is 31.9 Å². The van der Waals surface area contributed by atoms with Crippen molar-refractivity contribution in [2.75, 3.05) is 0 Å². The number of fused-ring (bicyclic) bond motifs is 2. The van der Waals surface area contributed by atoms with Gasteiger partial charge in [-0.15, -0.1) is 0 Å². The summed E-state index contributed by atoms with van der Waals surface area (Å²) in [5.41, 5.74) is 0.714. The number of pyridine rings is 1. The molecule has 0 bridgehead atoms. The number of hydrogen-bond donors (Lipinski definition) is 2. The third kappa shape index (κ3) is 2.13. The van der Waals surface area contributed by atoms with Crippen LogP contribution in [0.2, 0.25) is 0 Å². The van der Waals surface area contributed by atoms with Crippen molar-refractivity contribution in [3.8, 4) is 11.5 Å². The normalized spacial score (nSPS) is 13.5. The van der Waals surface area contributed by atoms with E-state index in [4.69, 9.17) is 0 Å². The highest BCUT2D eigenvalue weighted by Gasteiger charge is 2.42. The molecule has 130 valence electrons. The standard InChI is InChI=1S/C19H13FN2O4/c1-9-6-7-21-15-12(9)16(23)13-14(17(15)24)19(26)22(18(13)25)8-10-2-4-11(20)5-3-10/h2-7,23-24H,8H2,1H3. The number of amides is 2. The van der Waals surface area contributed by atoms with Gasteiger partial charge >= 0.3 is 0 Å². The number of nitrogens with zero attached hydrogens (tertiary/aromatic N) is 2. The Morgan fingerprint density at radius 2 is 1.62 bits per heavy atom. The number of hydrogen-bond acceptors (Lipinski definition) is 5. The molecule has 0 atom stereocenters. The molecular weight excluding hydrogens is 339 g/mol. The minimum atomic E-state index is -0.729. The fraction of sp³-hybridized carbons (Fsp3) is 0.105. The van der Waals surface area contributed by atoms with Gasteiger partial charge in [0.15, 0.2) is 5.75 Å². The molecule has 6 nitrogen and oxygen atoms in total. The van der Waals surface area contributed by atoms with Crippen LogP contribution in [0.3, 0.4) is 0 Å². The van der Waals surface area contributed by atoms with Crippen molar-refractivity contribution in [2.45, 2.75) is 13.5 Å². The van der Waals surface area contributed by atoms with Gasteiger partial charge in [0.2, 0.25) is 0 Å². The monoisotopic (exact) mass is 352 g/mol. The first-order chi connectivity index (χ1) is 12.4. The summed E-state index contributed by atoms with van der Waals surface area (Å²) < 4.78 is 13.1. The smallest absolute Gasteiger partial charge is 0.265 e. The van der Waals surface area contributed by atoms with Gasteiger partial charge in [-0.25, -0.2) is 4.39 Å². The summed E-state index contributed by atoms with van der Waals surface area (Å²) in [5, 5.41) is 21.3. The van der Waals surface area contributed by atoms with E-state index in [1.165, 1.54) is 30.5 Å². The highest BCUT2D eigenvalue weighted by atomic mass is 19.1. The van der Waals surface area contributed by atoms with Gasteiger partial charge in [-0.2, -0.15) is 0 Å². The number of benzene rings is 2. The second-order valence-electron chi connectivity index (χ2n) is 6.12. The Kier molecular flexibility index (Phi) is 3.40. The van der Waals surface area contributed by atoms with Crippen molar-refractivity contribution in [2.24, 2.45) is 0 Å². The van der Waals surface area contributed by atoms with E-state index in [-0.39, 0.29) is 34.3 Å². The number of halogens is 1. The Labute approximate surface area is 147 Å².